The second kappa shape index (κ2) is 9.45. The van der Waals surface area contributed by atoms with Crippen molar-refractivity contribution in [3.63, 3.8) is 0 Å². The van der Waals surface area contributed by atoms with E-state index in [-0.39, 0.29) is 29.1 Å². The highest BCUT2D eigenvalue weighted by molar-refractivity contribution is 5.67. The van der Waals surface area contributed by atoms with Crippen LogP contribution < -0.4 is 15.4 Å². The van der Waals surface area contributed by atoms with Crippen molar-refractivity contribution in [3.8, 4) is 17.1 Å². The zero-order valence-electron chi connectivity index (χ0n) is 17.9. The largest absolute Gasteiger partial charge is 0.474 e. The minimum Gasteiger partial charge on any atom is -0.474 e. The molecule has 8 nitrogen and oxygen atoms in total. The van der Waals surface area contributed by atoms with E-state index in [0.717, 1.165) is 44.7 Å². The Balaban J connectivity index is 1.70. The van der Waals surface area contributed by atoms with E-state index in [2.05, 4.69) is 26.8 Å². The van der Waals surface area contributed by atoms with Gasteiger partial charge in [-0.2, -0.15) is 18.2 Å². The number of anilines is 2. The zero-order chi connectivity index (χ0) is 22.7. The van der Waals surface area contributed by atoms with E-state index in [1.807, 2.05) is 4.90 Å². The first kappa shape index (κ1) is 22.5. The van der Waals surface area contributed by atoms with E-state index in [1.165, 1.54) is 6.07 Å². The molecule has 0 saturated carbocycles. The predicted molar refractivity (Wildman–Crippen MR) is 113 cm³/mol. The van der Waals surface area contributed by atoms with E-state index in [9.17, 15) is 13.2 Å². The third-order valence-corrected chi connectivity index (χ3v) is 5.76. The Morgan fingerprint density at radius 3 is 2.50 bits per heavy atom. The van der Waals surface area contributed by atoms with Crippen LogP contribution in [-0.4, -0.2) is 71.9 Å². The van der Waals surface area contributed by atoms with Crippen molar-refractivity contribution >= 4 is 11.8 Å². The molecule has 0 atom stereocenters. The summed E-state index contributed by atoms with van der Waals surface area (Å²) in [6.45, 7) is 7.01. The van der Waals surface area contributed by atoms with Crippen molar-refractivity contribution in [1.82, 2.24) is 19.9 Å². The van der Waals surface area contributed by atoms with Crippen LogP contribution in [0.1, 0.15) is 25.3 Å². The molecule has 0 bridgehead atoms. The molecule has 2 aliphatic heterocycles. The quantitative estimate of drug-likeness (QED) is 0.741. The number of rotatable bonds is 5. The monoisotopic (exact) mass is 452 g/mol. The van der Waals surface area contributed by atoms with Crippen molar-refractivity contribution in [2.45, 2.75) is 32.0 Å². The Morgan fingerprint density at radius 1 is 1.12 bits per heavy atom. The number of morpholine rings is 1. The van der Waals surface area contributed by atoms with E-state index in [1.54, 1.807) is 0 Å². The molecule has 4 heterocycles. The highest BCUT2D eigenvalue weighted by atomic mass is 19.4. The maximum absolute atomic E-state index is 13.7. The minimum absolute atomic E-state index is 0.0512. The number of pyridine rings is 1. The Bertz CT molecular complexity index is 928. The summed E-state index contributed by atoms with van der Waals surface area (Å²) < 4.78 is 52.7. The van der Waals surface area contributed by atoms with Crippen molar-refractivity contribution in [3.05, 3.63) is 23.9 Å². The van der Waals surface area contributed by atoms with Crippen molar-refractivity contribution in [2.24, 2.45) is 0 Å². The molecule has 0 amide bonds. The SMILES string of the molecule is CCN1CCC(Oc2cc(-c3cnc(N)cc3C(F)(F)F)nc(N3CCOCC3)n2)CC1. The van der Waals surface area contributed by atoms with Gasteiger partial charge in [0, 0.05) is 44.0 Å². The zero-order valence-corrected chi connectivity index (χ0v) is 17.9. The molecule has 0 unspecified atom stereocenters. The van der Waals surface area contributed by atoms with Gasteiger partial charge in [-0.15, -0.1) is 0 Å². The topological polar surface area (TPSA) is 89.6 Å². The summed E-state index contributed by atoms with van der Waals surface area (Å²) in [5.41, 5.74) is 4.58. The van der Waals surface area contributed by atoms with Gasteiger partial charge in [-0.3, -0.25) is 0 Å². The summed E-state index contributed by atoms with van der Waals surface area (Å²) in [4.78, 5) is 17.1. The predicted octanol–water partition coefficient (Wildman–Crippen LogP) is 2.84. The summed E-state index contributed by atoms with van der Waals surface area (Å²) in [7, 11) is 0. The number of aromatic nitrogens is 3. The molecule has 2 fully saturated rings. The van der Waals surface area contributed by atoms with Gasteiger partial charge in [0.15, 0.2) is 0 Å². The lowest BCUT2D eigenvalue weighted by Crippen LogP contribution is -2.38. The number of piperidine rings is 1. The lowest BCUT2D eigenvalue weighted by molar-refractivity contribution is -0.137. The van der Waals surface area contributed by atoms with E-state index in [0.29, 0.717) is 32.3 Å². The lowest BCUT2D eigenvalue weighted by Gasteiger charge is -2.31. The first-order valence-corrected chi connectivity index (χ1v) is 10.8. The number of nitrogens with zero attached hydrogens (tertiary/aromatic N) is 5. The van der Waals surface area contributed by atoms with Crippen molar-refractivity contribution in [1.29, 1.82) is 0 Å². The third kappa shape index (κ3) is 5.21. The fourth-order valence-corrected chi connectivity index (χ4v) is 3.94. The van der Waals surface area contributed by atoms with E-state index >= 15 is 0 Å². The molecule has 2 aliphatic rings. The maximum Gasteiger partial charge on any atom is 0.417 e. The van der Waals surface area contributed by atoms with Crippen LogP contribution in [0.15, 0.2) is 18.3 Å². The lowest BCUT2D eigenvalue weighted by atomic mass is 10.1. The van der Waals surface area contributed by atoms with Crippen molar-refractivity contribution in [2.75, 3.05) is 56.6 Å². The van der Waals surface area contributed by atoms with E-state index < -0.39 is 11.7 Å². The smallest absolute Gasteiger partial charge is 0.417 e. The van der Waals surface area contributed by atoms with E-state index in [4.69, 9.17) is 15.2 Å². The maximum atomic E-state index is 13.7. The molecule has 2 aromatic rings. The van der Waals surface area contributed by atoms with Gasteiger partial charge in [0.2, 0.25) is 11.8 Å². The van der Waals surface area contributed by atoms with Gasteiger partial charge in [0.1, 0.15) is 11.9 Å². The molecular weight excluding hydrogens is 425 g/mol. The van der Waals surface area contributed by atoms with Crippen LogP contribution in [0.3, 0.4) is 0 Å². The summed E-state index contributed by atoms with van der Waals surface area (Å²) in [6, 6.07) is 2.28. The number of likely N-dealkylation sites (tertiary alicyclic amines) is 1. The molecule has 0 aliphatic carbocycles. The van der Waals surface area contributed by atoms with Gasteiger partial charge in [-0.25, -0.2) is 9.97 Å². The van der Waals surface area contributed by atoms with Crippen LogP contribution in [0.4, 0.5) is 24.9 Å². The van der Waals surface area contributed by atoms with Crippen LogP contribution >= 0.6 is 0 Å². The van der Waals surface area contributed by atoms with Crippen LogP contribution in [0.2, 0.25) is 0 Å². The molecule has 0 aromatic carbocycles. The van der Waals surface area contributed by atoms with Gasteiger partial charge >= 0.3 is 6.18 Å². The molecular formula is C21H27F3N6O2. The number of nitrogen functional groups attached to an aromatic ring is 1. The standard InChI is InChI=1S/C21H27F3N6O2/c1-2-29-5-3-14(4-6-29)32-19-12-17(27-20(28-19)30-7-9-31-10-8-30)15-13-26-18(25)11-16(15)21(22,23)24/h11-14H,2-10H2,1H3,(H2,25,26). The van der Waals surface area contributed by atoms with Gasteiger partial charge in [0.05, 0.1) is 24.5 Å². The summed E-state index contributed by atoms with van der Waals surface area (Å²) in [5, 5.41) is 0. The van der Waals surface area contributed by atoms with Gasteiger partial charge in [-0.05, 0) is 25.5 Å². The Morgan fingerprint density at radius 2 is 1.84 bits per heavy atom. The first-order valence-electron chi connectivity index (χ1n) is 10.8. The molecule has 32 heavy (non-hydrogen) atoms. The fraction of sp³-hybridized carbons (Fsp3) is 0.571. The Kier molecular flexibility index (Phi) is 6.66. The first-order chi connectivity index (χ1) is 15.3. The number of ether oxygens (including phenoxy) is 2. The molecule has 2 N–H and O–H groups in total. The normalized spacial score (nSPS) is 18.7. The average molecular weight is 452 g/mol. The second-order valence-corrected chi connectivity index (χ2v) is 7.89. The van der Waals surface area contributed by atoms with Crippen LogP contribution in [0.5, 0.6) is 5.88 Å². The number of halogens is 3. The van der Waals surface area contributed by atoms with Crippen LogP contribution in [0.25, 0.3) is 11.3 Å². The molecule has 11 heteroatoms. The summed E-state index contributed by atoms with van der Waals surface area (Å²) in [6.07, 6.45) is -1.89. The molecule has 0 radical (unpaired) electrons. The van der Waals surface area contributed by atoms with Crippen LogP contribution in [0, 0.1) is 0 Å². The molecule has 2 saturated heterocycles. The number of alkyl halides is 3. The number of hydrogen-bond acceptors (Lipinski definition) is 8. The van der Waals surface area contributed by atoms with Crippen LogP contribution in [-0.2, 0) is 10.9 Å². The van der Waals surface area contributed by atoms with Crippen molar-refractivity contribution < 1.29 is 22.6 Å². The molecule has 0 spiro atoms. The number of nitrogens with two attached hydrogens (primary N) is 1. The minimum atomic E-state index is -4.61. The number of hydrogen-bond donors (Lipinski definition) is 1. The second-order valence-electron chi connectivity index (χ2n) is 7.89. The highest BCUT2D eigenvalue weighted by Gasteiger charge is 2.35. The Labute approximate surface area is 184 Å². The van der Waals surface area contributed by atoms with Gasteiger partial charge < -0.3 is 25.0 Å². The average Bonchev–Trinajstić information content (AvgIpc) is 2.79. The summed E-state index contributed by atoms with van der Waals surface area (Å²) >= 11 is 0. The third-order valence-electron chi connectivity index (χ3n) is 5.76. The summed E-state index contributed by atoms with van der Waals surface area (Å²) in [5.74, 6) is 0.371. The molecule has 174 valence electrons. The Hall–Kier alpha value is -2.66. The molecule has 4 rings (SSSR count). The van der Waals surface area contributed by atoms with Gasteiger partial charge in [-0.1, -0.05) is 6.92 Å². The molecule has 2 aromatic heterocycles. The van der Waals surface area contributed by atoms with Gasteiger partial charge in [0.25, 0.3) is 0 Å². The highest BCUT2D eigenvalue weighted by Crippen LogP contribution is 2.38. The fourth-order valence-electron chi connectivity index (χ4n) is 3.94.